The number of hydrogen-bond donors (Lipinski definition) is 2. The standard InChI is InChI=1S/C14H20BrNO2/c1-9(17)14(2,8-16)7-11-6-12(15)5-10-3-4-18-13(10)11/h5-6,9,17H,3-4,7-8,16H2,1-2H3. The van der Waals surface area contributed by atoms with Crippen LogP contribution in [0.2, 0.25) is 0 Å². The summed E-state index contributed by atoms with van der Waals surface area (Å²) >= 11 is 3.53. The quantitative estimate of drug-likeness (QED) is 0.896. The van der Waals surface area contributed by atoms with Crippen molar-refractivity contribution in [2.24, 2.45) is 11.1 Å². The first-order valence-electron chi connectivity index (χ1n) is 6.28. The lowest BCUT2D eigenvalue weighted by atomic mass is 9.79. The Labute approximate surface area is 116 Å². The van der Waals surface area contributed by atoms with Crippen LogP contribution in [0.15, 0.2) is 16.6 Å². The Morgan fingerprint density at radius 1 is 1.56 bits per heavy atom. The maximum Gasteiger partial charge on any atom is 0.125 e. The molecule has 18 heavy (non-hydrogen) atoms. The highest BCUT2D eigenvalue weighted by molar-refractivity contribution is 9.10. The van der Waals surface area contributed by atoms with Gasteiger partial charge in [-0.3, -0.25) is 0 Å². The van der Waals surface area contributed by atoms with Crippen LogP contribution in [-0.2, 0) is 12.8 Å². The Morgan fingerprint density at radius 2 is 2.28 bits per heavy atom. The molecule has 0 saturated carbocycles. The number of nitrogens with two attached hydrogens (primary N) is 1. The van der Waals surface area contributed by atoms with Gasteiger partial charge in [-0.2, -0.15) is 0 Å². The molecule has 0 amide bonds. The molecule has 0 aliphatic carbocycles. The predicted molar refractivity (Wildman–Crippen MR) is 75.9 cm³/mol. The fraction of sp³-hybridized carbons (Fsp3) is 0.571. The van der Waals surface area contributed by atoms with Crippen LogP contribution in [0.5, 0.6) is 5.75 Å². The molecule has 0 fully saturated rings. The Morgan fingerprint density at radius 3 is 2.89 bits per heavy atom. The molecule has 0 bridgehead atoms. The van der Waals surface area contributed by atoms with Crippen molar-refractivity contribution in [3.05, 3.63) is 27.7 Å². The van der Waals surface area contributed by atoms with Gasteiger partial charge in [-0.25, -0.2) is 0 Å². The van der Waals surface area contributed by atoms with Crippen molar-refractivity contribution in [2.45, 2.75) is 32.8 Å². The summed E-state index contributed by atoms with van der Waals surface area (Å²) in [5.74, 6) is 0.985. The van der Waals surface area contributed by atoms with Gasteiger partial charge < -0.3 is 15.6 Å². The molecule has 2 rings (SSSR count). The first-order valence-corrected chi connectivity index (χ1v) is 7.08. The molecule has 0 saturated heterocycles. The minimum absolute atomic E-state index is 0.319. The summed E-state index contributed by atoms with van der Waals surface area (Å²) in [5.41, 5.74) is 7.88. The van der Waals surface area contributed by atoms with Crippen molar-refractivity contribution in [2.75, 3.05) is 13.2 Å². The van der Waals surface area contributed by atoms with Crippen LogP contribution in [0.25, 0.3) is 0 Å². The maximum atomic E-state index is 9.92. The molecule has 100 valence electrons. The maximum absolute atomic E-state index is 9.92. The summed E-state index contributed by atoms with van der Waals surface area (Å²) < 4.78 is 6.77. The van der Waals surface area contributed by atoms with E-state index in [1.54, 1.807) is 6.92 Å². The summed E-state index contributed by atoms with van der Waals surface area (Å²) in [6, 6.07) is 4.18. The summed E-state index contributed by atoms with van der Waals surface area (Å²) in [4.78, 5) is 0. The van der Waals surface area contributed by atoms with E-state index in [0.29, 0.717) is 6.54 Å². The smallest absolute Gasteiger partial charge is 0.125 e. The average Bonchev–Trinajstić information content (AvgIpc) is 2.76. The Bertz CT molecular complexity index is 448. The van der Waals surface area contributed by atoms with Crippen molar-refractivity contribution in [1.82, 2.24) is 0 Å². The van der Waals surface area contributed by atoms with Crippen molar-refractivity contribution in [3.63, 3.8) is 0 Å². The lowest BCUT2D eigenvalue weighted by Gasteiger charge is -2.31. The van der Waals surface area contributed by atoms with Crippen LogP contribution < -0.4 is 10.5 Å². The highest BCUT2D eigenvalue weighted by atomic mass is 79.9. The van der Waals surface area contributed by atoms with E-state index in [1.807, 2.05) is 6.92 Å². The van der Waals surface area contributed by atoms with Gasteiger partial charge in [-0.1, -0.05) is 22.9 Å². The molecule has 1 aliphatic rings. The second kappa shape index (κ2) is 5.19. The van der Waals surface area contributed by atoms with Crippen molar-refractivity contribution in [3.8, 4) is 5.75 Å². The van der Waals surface area contributed by atoms with E-state index in [2.05, 4.69) is 28.1 Å². The molecular formula is C14H20BrNO2. The van der Waals surface area contributed by atoms with Gasteiger partial charge >= 0.3 is 0 Å². The molecule has 2 atom stereocenters. The highest BCUT2D eigenvalue weighted by Crippen LogP contribution is 2.37. The second-order valence-electron chi connectivity index (χ2n) is 5.36. The van der Waals surface area contributed by atoms with E-state index in [-0.39, 0.29) is 5.41 Å². The van der Waals surface area contributed by atoms with Gasteiger partial charge in [0.1, 0.15) is 5.75 Å². The molecule has 1 aromatic rings. The number of fused-ring (bicyclic) bond motifs is 1. The fourth-order valence-electron chi connectivity index (χ4n) is 2.30. The molecule has 2 unspecified atom stereocenters. The first-order chi connectivity index (χ1) is 8.46. The third kappa shape index (κ3) is 2.56. The topological polar surface area (TPSA) is 55.5 Å². The van der Waals surface area contributed by atoms with E-state index >= 15 is 0 Å². The summed E-state index contributed by atoms with van der Waals surface area (Å²) in [5, 5.41) is 9.92. The average molecular weight is 314 g/mol. The monoisotopic (exact) mass is 313 g/mol. The zero-order chi connectivity index (χ0) is 13.3. The van der Waals surface area contributed by atoms with Crippen LogP contribution in [-0.4, -0.2) is 24.4 Å². The number of rotatable bonds is 4. The van der Waals surface area contributed by atoms with Gasteiger partial charge in [0, 0.05) is 22.9 Å². The van der Waals surface area contributed by atoms with Crippen molar-refractivity contribution >= 4 is 15.9 Å². The van der Waals surface area contributed by atoms with Gasteiger partial charge in [0.25, 0.3) is 0 Å². The normalized spacial score (nSPS) is 18.9. The number of aliphatic hydroxyl groups is 1. The van der Waals surface area contributed by atoms with Crippen LogP contribution in [0, 0.1) is 5.41 Å². The minimum atomic E-state index is -0.446. The molecule has 0 spiro atoms. The third-order valence-electron chi connectivity index (χ3n) is 3.89. The predicted octanol–water partition coefficient (Wildman–Crippen LogP) is 2.27. The van der Waals surface area contributed by atoms with Crippen LogP contribution in [0.4, 0.5) is 0 Å². The minimum Gasteiger partial charge on any atom is -0.493 e. The number of ether oxygens (including phenoxy) is 1. The Balaban J connectivity index is 2.35. The zero-order valence-corrected chi connectivity index (χ0v) is 12.5. The molecule has 1 aliphatic heterocycles. The summed E-state index contributed by atoms with van der Waals surface area (Å²) in [6.07, 6.45) is 1.23. The van der Waals surface area contributed by atoms with Gasteiger partial charge in [0.2, 0.25) is 0 Å². The molecule has 3 nitrogen and oxygen atoms in total. The van der Waals surface area contributed by atoms with E-state index in [4.69, 9.17) is 10.5 Å². The van der Waals surface area contributed by atoms with Crippen molar-refractivity contribution < 1.29 is 9.84 Å². The van der Waals surface area contributed by atoms with Gasteiger partial charge in [0.05, 0.1) is 12.7 Å². The summed E-state index contributed by atoms with van der Waals surface area (Å²) in [7, 11) is 0. The number of aliphatic hydroxyl groups excluding tert-OH is 1. The number of halogens is 1. The largest absolute Gasteiger partial charge is 0.493 e. The fourth-order valence-corrected chi connectivity index (χ4v) is 2.86. The lowest BCUT2D eigenvalue weighted by molar-refractivity contribution is 0.0584. The van der Waals surface area contributed by atoms with Crippen LogP contribution in [0.1, 0.15) is 25.0 Å². The van der Waals surface area contributed by atoms with E-state index in [0.717, 1.165) is 35.2 Å². The zero-order valence-electron chi connectivity index (χ0n) is 10.9. The Kier molecular flexibility index (Phi) is 3.99. The van der Waals surface area contributed by atoms with E-state index in [9.17, 15) is 5.11 Å². The molecule has 4 heteroatoms. The van der Waals surface area contributed by atoms with E-state index < -0.39 is 6.10 Å². The van der Waals surface area contributed by atoms with Crippen LogP contribution >= 0.6 is 15.9 Å². The number of hydrogen-bond acceptors (Lipinski definition) is 3. The molecule has 0 radical (unpaired) electrons. The second-order valence-corrected chi connectivity index (χ2v) is 6.28. The molecular weight excluding hydrogens is 294 g/mol. The molecule has 3 N–H and O–H groups in total. The molecule has 1 heterocycles. The third-order valence-corrected chi connectivity index (χ3v) is 4.35. The van der Waals surface area contributed by atoms with E-state index in [1.165, 1.54) is 5.56 Å². The van der Waals surface area contributed by atoms with Gasteiger partial charge in [0.15, 0.2) is 0 Å². The molecule has 1 aromatic carbocycles. The highest BCUT2D eigenvalue weighted by Gasteiger charge is 2.31. The van der Waals surface area contributed by atoms with Crippen molar-refractivity contribution in [1.29, 1.82) is 0 Å². The summed E-state index contributed by atoms with van der Waals surface area (Å²) in [6.45, 7) is 5.00. The number of benzene rings is 1. The molecule has 0 aromatic heterocycles. The lowest BCUT2D eigenvalue weighted by Crippen LogP contribution is -2.39. The van der Waals surface area contributed by atoms with Gasteiger partial charge in [-0.15, -0.1) is 0 Å². The van der Waals surface area contributed by atoms with Crippen LogP contribution in [0.3, 0.4) is 0 Å². The first kappa shape index (κ1) is 13.8. The van der Waals surface area contributed by atoms with Gasteiger partial charge in [-0.05, 0) is 36.6 Å². The SMILES string of the molecule is CC(O)C(C)(CN)Cc1cc(Br)cc2c1OCC2. The Hall–Kier alpha value is -0.580.